The van der Waals surface area contributed by atoms with Crippen LogP contribution in [-0.2, 0) is 9.59 Å². The van der Waals surface area contributed by atoms with Gasteiger partial charge in [0.1, 0.15) is 0 Å². The molecular weight excluding hydrogens is 256 g/mol. The number of carboxylic acids is 2. The molecule has 108 valence electrons. The van der Waals surface area contributed by atoms with Crippen molar-refractivity contribution in [3.05, 3.63) is 34.9 Å². The van der Waals surface area contributed by atoms with Crippen molar-refractivity contribution in [1.29, 1.82) is 0 Å². The number of carbonyl (C=O) groups is 2. The second-order valence-corrected chi connectivity index (χ2v) is 5.74. The summed E-state index contributed by atoms with van der Waals surface area (Å²) in [6.45, 7) is 4.08. The molecule has 3 unspecified atom stereocenters. The number of aryl methyl sites for hydroxylation is 2. The quantitative estimate of drug-likeness (QED) is 0.890. The van der Waals surface area contributed by atoms with Gasteiger partial charge in [0.05, 0.1) is 11.8 Å². The predicted octanol–water partition coefficient (Wildman–Crippen LogP) is 2.97. The smallest absolute Gasteiger partial charge is 0.307 e. The molecule has 1 aliphatic rings. The topological polar surface area (TPSA) is 74.6 Å². The summed E-state index contributed by atoms with van der Waals surface area (Å²) in [6, 6.07) is 6.18. The van der Waals surface area contributed by atoms with Gasteiger partial charge in [0.25, 0.3) is 0 Å². The van der Waals surface area contributed by atoms with Crippen LogP contribution in [0.15, 0.2) is 18.2 Å². The molecule has 0 radical (unpaired) electrons. The molecular formula is C16H20O4. The van der Waals surface area contributed by atoms with Gasteiger partial charge in [-0.15, -0.1) is 0 Å². The van der Waals surface area contributed by atoms with Gasteiger partial charge >= 0.3 is 11.9 Å². The van der Waals surface area contributed by atoms with Crippen LogP contribution >= 0.6 is 0 Å². The van der Waals surface area contributed by atoms with Gasteiger partial charge in [-0.2, -0.15) is 0 Å². The first-order valence-corrected chi connectivity index (χ1v) is 6.93. The van der Waals surface area contributed by atoms with Gasteiger partial charge in [-0.25, -0.2) is 0 Å². The Morgan fingerprint density at radius 1 is 1.00 bits per heavy atom. The highest BCUT2D eigenvalue weighted by molar-refractivity contribution is 5.80. The Hall–Kier alpha value is -1.84. The van der Waals surface area contributed by atoms with Crippen LogP contribution in [-0.4, -0.2) is 22.2 Å². The van der Waals surface area contributed by atoms with E-state index < -0.39 is 23.8 Å². The highest BCUT2D eigenvalue weighted by Gasteiger charge is 2.39. The summed E-state index contributed by atoms with van der Waals surface area (Å²) in [5, 5.41) is 18.4. The Kier molecular flexibility index (Phi) is 4.12. The Labute approximate surface area is 118 Å². The summed E-state index contributed by atoms with van der Waals surface area (Å²) in [6.07, 6.45) is 1.59. The molecule has 1 aromatic rings. The summed E-state index contributed by atoms with van der Waals surface area (Å²) >= 11 is 0. The van der Waals surface area contributed by atoms with E-state index in [-0.39, 0.29) is 5.92 Å². The van der Waals surface area contributed by atoms with Crippen molar-refractivity contribution >= 4 is 11.9 Å². The van der Waals surface area contributed by atoms with E-state index in [1.165, 1.54) is 11.1 Å². The van der Waals surface area contributed by atoms with E-state index in [9.17, 15) is 14.7 Å². The molecule has 1 fully saturated rings. The third-order valence-electron chi connectivity index (χ3n) is 4.49. The summed E-state index contributed by atoms with van der Waals surface area (Å²) in [5.74, 6) is -3.38. The van der Waals surface area contributed by atoms with Gasteiger partial charge in [0.2, 0.25) is 0 Å². The third kappa shape index (κ3) is 2.84. The van der Waals surface area contributed by atoms with E-state index in [1.807, 2.05) is 26.0 Å². The molecule has 4 nitrogen and oxygen atoms in total. The first kappa shape index (κ1) is 14.6. The van der Waals surface area contributed by atoms with E-state index in [0.29, 0.717) is 12.8 Å². The van der Waals surface area contributed by atoms with Crippen LogP contribution in [0.5, 0.6) is 0 Å². The minimum atomic E-state index is -0.995. The summed E-state index contributed by atoms with van der Waals surface area (Å²) < 4.78 is 0. The van der Waals surface area contributed by atoms with Crippen molar-refractivity contribution in [2.75, 3.05) is 0 Å². The Morgan fingerprint density at radius 2 is 1.65 bits per heavy atom. The second kappa shape index (κ2) is 5.65. The van der Waals surface area contributed by atoms with Crippen molar-refractivity contribution in [3.8, 4) is 0 Å². The van der Waals surface area contributed by atoms with E-state index in [2.05, 4.69) is 6.07 Å². The van der Waals surface area contributed by atoms with Crippen LogP contribution < -0.4 is 0 Å². The fourth-order valence-electron chi connectivity index (χ4n) is 3.06. The van der Waals surface area contributed by atoms with Gasteiger partial charge < -0.3 is 10.2 Å². The van der Waals surface area contributed by atoms with Crippen LogP contribution in [0.2, 0.25) is 0 Å². The maximum absolute atomic E-state index is 11.3. The van der Waals surface area contributed by atoms with Crippen molar-refractivity contribution in [1.82, 2.24) is 0 Å². The van der Waals surface area contributed by atoms with E-state index in [1.54, 1.807) is 0 Å². The zero-order valence-corrected chi connectivity index (χ0v) is 11.8. The Balaban J connectivity index is 2.21. The molecule has 0 heterocycles. The summed E-state index contributed by atoms with van der Waals surface area (Å²) in [5.41, 5.74) is 3.53. The highest BCUT2D eigenvalue weighted by Crippen LogP contribution is 2.40. The molecule has 0 amide bonds. The second-order valence-electron chi connectivity index (χ2n) is 5.74. The van der Waals surface area contributed by atoms with Crippen molar-refractivity contribution in [2.24, 2.45) is 11.8 Å². The van der Waals surface area contributed by atoms with Crippen LogP contribution in [0, 0.1) is 25.7 Å². The fourth-order valence-corrected chi connectivity index (χ4v) is 3.06. The Morgan fingerprint density at radius 3 is 2.20 bits per heavy atom. The number of hydrogen-bond donors (Lipinski definition) is 2. The molecule has 4 heteroatoms. The minimum absolute atomic E-state index is 0.144. The molecule has 3 atom stereocenters. The van der Waals surface area contributed by atoms with Crippen LogP contribution in [0.4, 0.5) is 0 Å². The molecule has 2 N–H and O–H groups in total. The maximum Gasteiger partial charge on any atom is 0.307 e. The lowest BCUT2D eigenvalue weighted by Gasteiger charge is -2.32. The van der Waals surface area contributed by atoms with Crippen molar-refractivity contribution < 1.29 is 19.8 Å². The molecule has 0 aromatic heterocycles. The van der Waals surface area contributed by atoms with Crippen molar-refractivity contribution in [2.45, 2.75) is 39.0 Å². The van der Waals surface area contributed by atoms with Gasteiger partial charge in [-0.1, -0.05) is 18.2 Å². The molecule has 20 heavy (non-hydrogen) atoms. The summed E-state index contributed by atoms with van der Waals surface area (Å²) in [4.78, 5) is 22.5. The summed E-state index contributed by atoms with van der Waals surface area (Å²) in [7, 11) is 0. The lowest BCUT2D eigenvalue weighted by Crippen LogP contribution is -2.35. The maximum atomic E-state index is 11.3. The van der Waals surface area contributed by atoms with E-state index in [0.717, 1.165) is 12.0 Å². The first-order chi connectivity index (χ1) is 9.40. The third-order valence-corrected chi connectivity index (χ3v) is 4.49. The van der Waals surface area contributed by atoms with Crippen LogP contribution in [0.1, 0.15) is 41.9 Å². The van der Waals surface area contributed by atoms with E-state index in [4.69, 9.17) is 5.11 Å². The number of carboxylic acid groups (broad SMARTS) is 2. The van der Waals surface area contributed by atoms with Crippen molar-refractivity contribution in [3.63, 3.8) is 0 Å². The number of rotatable bonds is 3. The minimum Gasteiger partial charge on any atom is -0.481 e. The van der Waals surface area contributed by atoms with Gasteiger partial charge in [0.15, 0.2) is 0 Å². The van der Waals surface area contributed by atoms with E-state index >= 15 is 0 Å². The van der Waals surface area contributed by atoms with Crippen LogP contribution in [0.3, 0.4) is 0 Å². The standard InChI is InChI=1S/C16H20O4/c1-9-3-4-11(7-10(9)2)12-5-6-13(15(17)18)14(8-12)16(19)20/h3-4,7,12-14H,5-6,8H2,1-2H3,(H,17,18)(H,19,20). The average Bonchev–Trinajstić information content (AvgIpc) is 2.41. The monoisotopic (exact) mass is 276 g/mol. The normalized spacial score (nSPS) is 26.2. The zero-order chi connectivity index (χ0) is 14.9. The SMILES string of the molecule is Cc1ccc(C2CCC(C(=O)O)C(C(=O)O)C2)cc1C. The zero-order valence-electron chi connectivity index (χ0n) is 11.8. The average molecular weight is 276 g/mol. The number of aliphatic carboxylic acids is 2. The molecule has 0 spiro atoms. The van der Waals surface area contributed by atoms with Gasteiger partial charge in [0, 0.05) is 0 Å². The molecule has 0 bridgehead atoms. The molecule has 2 rings (SSSR count). The number of benzene rings is 1. The predicted molar refractivity (Wildman–Crippen MR) is 74.8 cm³/mol. The molecule has 1 aromatic carbocycles. The molecule has 0 aliphatic heterocycles. The lowest BCUT2D eigenvalue weighted by atomic mass is 9.71. The fraction of sp³-hybridized carbons (Fsp3) is 0.500. The largest absolute Gasteiger partial charge is 0.481 e. The molecule has 0 saturated heterocycles. The van der Waals surface area contributed by atoms with Crippen LogP contribution in [0.25, 0.3) is 0 Å². The molecule has 1 aliphatic carbocycles. The Bertz CT molecular complexity index is 535. The number of hydrogen-bond acceptors (Lipinski definition) is 2. The molecule has 1 saturated carbocycles. The first-order valence-electron chi connectivity index (χ1n) is 6.93. The van der Waals surface area contributed by atoms with Gasteiger partial charge in [-0.05, 0) is 55.7 Å². The van der Waals surface area contributed by atoms with Gasteiger partial charge in [-0.3, -0.25) is 9.59 Å². The lowest BCUT2D eigenvalue weighted by molar-refractivity contribution is -0.155. The highest BCUT2D eigenvalue weighted by atomic mass is 16.4.